The molecule has 0 aliphatic heterocycles. The van der Waals surface area contributed by atoms with Gasteiger partial charge in [-0.25, -0.2) is 0 Å². The van der Waals surface area contributed by atoms with Gasteiger partial charge in [-0.2, -0.15) is 0 Å². The highest BCUT2D eigenvalue weighted by molar-refractivity contribution is 9.09. The molecule has 1 aromatic heterocycles. The number of nitrogens with zero attached hydrogens (tertiary/aromatic N) is 1. The molecule has 1 amide bonds. The first-order valence-electron chi connectivity index (χ1n) is 5.18. The van der Waals surface area contributed by atoms with Gasteiger partial charge in [-0.3, -0.25) is 4.79 Å². The number of alkyl halides is 1. The molecule has 1 aromatic rings. The van der Waals surface area contributed by atoms with E-state index in [9.17, 15) is 4.79 Å². The maximum atomic E-state index is 12.2. The van der Waals surface area contributed by atoms with Crippen molar-refractivity contribution >= 4 is 44.8 Å². The third-order valence-corrected chi connectivity index (χ3v) is 3.98. The van der Waals surface area contributed by atoms with Crippen LogP contribution in [0.5, 0.6) is 0 Å². The van der Waals surface area contributed by atoms with Crippen molar-refractivity contribution in [2.45, 2.75) is 26.3 Å². The van der Waals surface area contributed by atoms with Gasteiger partial charge >= 0.3 is 0 Å². The van der Waals surface area contributed by atoms with Crippen LogP contribution in [-0.4, -0.2) is 28.7 Å². The maximum Gasteiger partial charge on any atom is 0.264 e. The first-order chi connectivity index (χ1) is 7.56. The highest BCUT2D eigenvalue weighted by atomic mass is 79.9. The van der Waals surface area contributed by atoms with Crippen LogP contribution in [0, 0.1) is 0 Å². The molecule has 0 saturated carbocycles. The minimum Gasteiger partial charge on any atom is -0.335 e. The molecule has 0 aromatic carbocycles. The quantitative estimate of drug-likeness (QED) is 0.749. The normalized spacial score (nSPS) is 10.8. The second-order valence-corrected chi connectivity index (χ2v) is 6.25. The lowest BCUT2D eigenvalue weighted by molar-refractivity contribution is 0.0712. The molecule has 1 heterocycles. The van der Waals surface area contributed by atoms with Gasteiger partial charge in [-0.1, -0.05) is 27.5 Å². The molecule has 0 spiro atoms. The van der Waals surface area contributed by atoms with Crippen molar-refractivity contribution in [2.24, 2.45) is 0 Å². The Bertz CT molecular complexity index is 354. The van der Waals surface area contributed by atoms with Crippen LogP contribution in [0.1, 0.15) is 29.9 Å². The van der Waals surface area contributed by atoms with Crippen LogP contribution in [0.15, 0.2) is 12.1 Å². The fourth-order valence-electron chi connectivity index (χ4n) is 1.40. The van der Waals surface area contributed by atoms with E-state index >= 15 is 0 Å². The molecule has 16 heavy (non-hydrogen) atoms. The Morgan fingerprint density at radius 2 is 2.25 bits per heavy atom. The maximum absolute atomic E-state index is 12.2. The average molecular weight is 325 g/mol. The summed E-state index contributed by atoms with van der Waals surface area (Å²) in [4.78, 5) is 14.8. The number of thiophene rings is 1. The van der Waals surface area contributed by atoms with E-state index in [1.807, 2.05) is 18.7 Å². The summed E-state index contributed by atoms with van der Waals surface area (Å²) in [5, 5.41) is 0.911. The summed E-state index contributed by atoms with van der Waals surface area (Å²) in [6.45, 7) is 4.83. The molecular weight excluding hydrogens is 310 g/mol. The highest BCUT2D eigenvalue weighted by Crippen LogP contribution is 2.23. The van der Waals surface area contributed by atoms with Crippen LogP contribution in [0.2, 0.25) is 4.34 Å². The van der Waals surface area contributed by atoms with Crippen molar-refractivity contribution in [3.63, 3.8) is 0 Å². The predicted molar refractivity (Wildman–Crippen MR) is 73.9 cm³/mol. The number of carbonyl (C=O) groups excluding carboxylic acids is 1. The van der Waals surface area contributed by atoms with Crippen molar-refractivity contribution < 1.29 is 4.79 Å². The number of hydrogen-bond donors (Lipinski definition) is 0. The summed E-state index contributed by atoms with van der Waals surface area (Å²) in [6, 6.07) is 3.77. The van der Waals surface area contributed by atoms with Gasteiger partial charge in [0.05, 0.1) is 9.21 Å². The Kier molecular flexibility index (Phi) is 5.79. The summed E-state index contributed by atoms with van der Waals surface area (Å²) in [6.07, 6.45) is 0.961. The van der Waals surface area contributed by atoms with Gasteiger partial charge in [0.2, 0.25) is 0 Å². The van der Waals surface area contributed by atoms with Crippen LogP contribution < -0.4 is 0 Å². The van der Waals surface area contributed by atoms with Crippen molar-refractivity contribution in [3.8, 4) is 0 Å². The van der Waals surface area contributed by atoms with Gasteiger partial charge in [-0.15, -0.1) is 11.3 Å². The number of amides is 1. The zero-order valence-corrected chi connectivity index (χ0v) is 12.5. The van der Waals surface area contributed by atoms with Crippen LogP contribution in [-0.2, 0) is 0 Å². The van der Waals surface area contributed by atoms with Gasteiger partial charge in [0.1, 0.15) is 0 Å². The molecule has 0 radical (unpaired) electrons. The Hall–Kier alpha value is -0.0600. The van der Waals surface area contributed by atoms with Crippen LogP contribution in [0.3, 0.4) is 0 Å². The second-order valence-electron chi connectivity index (χ2n) is 3.74. The fourth-order valence-corrected chi connectivity index (χ4v) is 2.65. The minimum atomic E-state index is 0.0767. The molecule has 0 atom stereocenters. The molecular formula is C11H15BrClNOS. The Morgan fingerprint density at radius 3 is 2.69 bits per heavy atom. The largest absolute Gasteiger partial charge is 0.335 e. The van der Waals surface area contributed by atoms with Gasteiger partial charge in [0, 0.05) is 17.9 Å². The van der Waals surface area contributed by atoms with Crippen molar-refractivity contribution in [3.05, 3.63) is 21.3 Å². The molecule has 0 saturated heterocycles. The zero-order valence-electron chi connectivity index (χ0n) is 9.37. The third kappa shape index (κ3) is 3.75. The van der Waals surface area contributed by atoms with Crippen LogP contribution in [0.25, 0.3) is 0 Å². The standard InChI is InChI=1S/C11H15BrClNOS/c1-8(2)14(7-3-6-12)11(15)9-4-5-10(13)16-9/h4-5,8H,3,6-7H2,1-2H3. The van der Waals surface area contributed by atoms with Crippen molar-refractivity contribution in [2.75, 3.05) is 11.9 Å². The fraction of sp³-hybridized carbons (Fsp3) is 0.545. The van der Waals surface area contributed by atoms with E-state index in [0.717, 1.165) is 18.3 Å². The Labute approximate surface area is 114 Å². The number of rotatable bonds is 5. The Balaban J connectivity index is 2.74. The number of carbonyl (C=O) groups is 1. The lowest BCUT2D eigenvalue weighted by atomic mass is 10.2. The minimum absolute atomic E-state index is 0.0767. The van der Waals surface area contributed by atoms with E-state index in [-0.39, 0.29) is 11.9 Å². The van der Waals surface area contributed by atoms with E-state index in [4.69, 9.17) is 11.6 Å². The molecule has 90 valence electrons. The SMILES string of the molecule is CC(C)N(CCCBr)C(=O)c1ccc(Cl)s1. The third-order valence-electron chi connectivity index (χ3n) is 2.20. The summed E-state index contributed by atoms with van der Waals surface area (Å²) in [5.41, 5.74) is 0. The first kappa shape index (κ1) is 14.0. The van der Waals surface area contributed by atoms with Crippen molar-refractivity contribution in [1.82, 2.24) is 4.90 Å². The number of halogens is 2. The van der Waals surface area contributed by atoms with Gasteiger partial charge in [0.25, 0.3) is 5.91 Å². The molecule has 0 unspecified atom stereocenters. The predicted octanol–water partition coefficient (Wildman–Crippen LogP) is 4.04. The highest BCUT2D eigenvalue weighted by Gasteiger charge is 2.19. The molecule has 0 aliphatic carbocycles. The average Bonchev–Trinajstić information content (AvgIpc) is 2.64. The lowest BCUT2D eigenvalue weighted by Gasteiger charge is -2.25. The smallest absolute Gasteiger partial charge is 0.264 e. The molecule has 0 fully saturated rings. The molecule has 0 bridgehead atoms. The molecule has 2 nitrogen and oxygen atoms in total. The summed E-state index contributed by atoms with van der Waals surface area (Å²) in [5.74, 6) is 0.0767. The van der Waals surface area contributed by atoms with E-state index in [1.54, 1.807) is 12.1 Å². The monoisotopic (exact) mass is 323 g/mol. The van der Waals surface area contributed by atoms with E-state index < -0.39 is 0 Å². The van der Waals surface area contributed by atoms with E-state index in [1.165, 1.54) is 11.3 Å². The van der Waals surface area contributed by atoms with Gasteiger partial charge in [0.15, 0.2) is 0 Å². The van der Waals surface area contributed by atoms with Gasteiger partial charge in [-0.05, 0) is 32.4 Å². The molecule has 0 N–H and O–H groups in total. The molecule has 5 heteroatoms. The van der Waals surface area contributed by atoms with E-state index in [0.29, 0.717) is 9.21 Å². The first-order valence-corrected chi connectivity index (χ1v) is 7.50. The van der Waals surface area contributed by atoms with Crippen LogP contribution in [0.4, 0.5) is 0 Å². The topological polar surface area (TPSA) is 20.3 Å². The zero-order chi connectivity index (χ0) is 12.1. The summed E-state index contributed by atoms with van der Waals surface area (Å²) < 4.78 is 0.660. The number of hydrogen-bond acceptors (Lipinski definition) is 2. The van der Waals surface area contributed by atoms with Crippen molar-refractivity contribution in [1.29, 1.82) is 0 Å². The Morgan fingerprint density at radius 1 is 1.56 bits per heavy atom. The van der Waals surface area contributed by atoms with Gasteiger partial charge < -0.3 is 4.90 Å². The van der Waals surface area contributed by atoms with Crippen LogP contribution >= 0.6 is 38.9 Å². The summed E-state index contributed by atoms with van der Waals surface area (Å²) >= 11 is 10.6. The van der Waals surface area contributed by atoms with E-state index in [2.05, 4.69) is 15.9 Å². The summed E-state index contributed by atoms with van der Waals surface area (Å²) in [7, 11) is 0. The second kappa shape index (κ2) is 6.62. The lowest BCUT2D eigenvalue weighted by Crippen LogP contribution is -2.37. The molecule has 1 rings (SSSR count). The molecule has 0 aliphatic rings.